The lowest BCUT2D eigenvalue weighted by Gasteiger charge is -2.21. The number of nitrogens with one attached hydrogen (secondary N) is 1. The number of rotatable bonds is 7. The molecule has 2 aromatic carbocycles. The standard InChI is InChI=1S/C20H25N3O2/c1-15-10-18(13-23(15)12-16-6-3-2-4-7-16)22-17-8-5-9-19(11-17)25-14-20(21)24/h2-9,11,15,18,22H,10,12-14H2,1H3,(H2,21,24). The Labute approximate surface area is 148 Å². The van der Waals surface area contributed by atoms with Gasteiger partial charge in [0.1, 0.15) is 5.75 Å². The van der Waals surface area contributed by atoms with Crippen LogP contribution in [0.4, 0.5) is 5.69 Å². The number of anilines is 1. The fraction of sp³-hybridized carbons (Fsp3) is 0.350. The second-order valence-corrected chi connectivity index (χ2v) is 6.62. The van der Waals surface area contributed by atoms with E-state index >= 15 is 0 Å². The third-order valence-electron chi connectivity index (χ3n) is 4.52. The normalized spacial score (nSPS) is 20.4. The number of carbonyl (C=O) groups excluding carboxylic acids is 1. The monoisotopic (exact) mass is 339 g/mol. The minimum atomic E-state index is -0.473. The van der Waals surface area contributed by atoms with Gasteiger partial charge in [-0.05, 0) is 31.0 Å². The van der Waals surface area contributed by atoms with Crippen molar-refractivity contribution in [2.24, 2.45) is 5.73 Å². The molecule has 0 aliphatic carbocycles. The molecule has 0 spiro atoms. The molecular formula is C20H25N3O2. The van der Waals surface area contributed by atoms with Gasteiger partial charge in [0.15, 0.2) is 6.61 Å². The van der Waals surface area contributed by atoms with Gasteiger partial charge in [-0.3, -0.25) is 9.69 Å². The molecule has 3 rings (SSSR count). The fourth-order valence-corrected chi connectivity index (χ4v) is 3.31. The van der Waals surface area contributed by atoms with Crippen LogP contribution in [0.5, 0.6) is 5.75 Å². The number of likely N-dealkylation sites (tertiary alicyclic amines) is 1. The third kappa shape index (κ3) is 4.97. The maximum absolute atomic E-state index is 10.8. The molecule has 0 aromatic heterocycles. The highest BCUT2D eigenvalue weighted by molar-refractivity contribution is 5.75. The van der Waals surface area contributed by atoms with Crippen molar-refractivity contribution in [3.63, 3.8) is 0 Å². The zero-order valence-corrected chi connectivity index (χ0v) is 14.5. The van der Waals surface area contributed by atoms with Crippen molar-refractivity contribution in [2.45, 2.75) is 32.0 Å². The van der Waals surface area contributed by atoms with Crippen LogP contribution in [0.1, 0.15) is 18.9 Å². The summed E-state index contributed by atoms with van der Waals surface area (Å²) in [6.07, 6.45) is 1.10. The fourth-order valence-electron chi connectivity index (χ4n) is 3.31. The van der Waals surface area contributed by atoms with Crippen LogP contribution in [-0.4, -0.2) is 36.0 Å². The number of carbonyl (C=O) groups is 1. The molecule has 0 saturated carbocycles. The van der Waals surface area contributed by atoms with Gasteiger partial charge in [-0.15, -0.1) is 0 Å². The van der Waals surface area contributed by atoms with Gasteiger partial charge >= 0.3 is 0 Å². The summed E-state index contributed by atoms with van der Waals surface area (Å²) in [5.41, 5.74) is 7.46. The summed E-state index contributed by atoms with van der Waals surface area (Å²) in [5, 5.41) is 3.58. The van der Waals surface area contributed by atoms with Crippen molar-refractivity contribution in [2.75, 3.05) is 18.5 Å². The highest BCUT2D eigenvalue weighted by Gasteiger charge is 2.28. The number of nitrogens with two attached hydrogens (primary N) is 1. The van der Waals surface area contributed by atoms with Gasteiger partial charge in [0.05, 0.1) is 0 Å². The average molecular weight is 339 g/mol. The van der Waals surface area contributed by atoms with Gasteiger partial charge in [-0.1, -0.05) is 36.4 Å². The lowest BCUT2D eigenvalue weighted by atomic mass is 10.1. The van der Waals surface area contributed by atoms with Crippen molar-refractivity contribution in [1.82, 2.24) is 4.90 Å². The van der Waals surface area contributed by atoms with Crippen LogP contribution >= 0.6 is 0 Å². The first-order valence-electron chi connectivity index (χ1n) is 8.66. The molecule has 1 fully saturated rings. The number of nitrogens with zero attached hydrogens (tertiary/aromatic N) is 1. The largest absolute Gasteiger partial charge is 0.484 e. The van der Waals surface area contributed by atoms with E-state index in [-0.39, 0.29) is 6.61 Å². The molecule has 0 radical (unpaired) electrons. The van der Waals surface area contributed by atoms with Crippen LogP contribution in [0.2, 0.25) is 0 Å². The summed E-state index contributed by atoms with van der Waals surface area (Å²) in [7, 11) is 0. The first kappa shape index (κ1) is 17.3. The van der Waals surface area contributed by atoms with E-state index < -0.39 is 5.91 Å². The quantitative estimate of drug-likeness (QED) is 0.814. The average Bonchev–Trinajstić information content (AvgIpc) is 2.93. The highest BCUT2D eigenvalue weighted by Crippen LogP contribution is 2.25. The molecule has 5 nitrogen and oxygen atoms in total. The Morgan fingerprint density at radius 2 is 2.04 bits per heavy atom. The zero-order valence-electron chi connectivity index (χ0n) is 14.5. The van der Waals surface area contributed by atoms with Crippen molar-refractivity contribution in [1.29, 1.82) is 0 Å². The smallest absolute Gasteiger partial charge is 0.255 e. The first-order valence-corrected chi connectivity index (χ1v) is 8.66. The van der Waals surface area contributed by atoms with Crippen molar-refractivity contribution < 1.29 is 9.53 Å². The van der Waals surface area contributed by atoms with Crippen LogP contribution in [-0.2, 0) is 11.3 Å². The Bertz CT molecular complexity index is 705. The van der Waals surface area contributed by atoms with E-state index in [9.17, 15) is 4.79 Å². The van der Waals surface area contributed by atoms with Crippen molar-refractivity contribution >= 4 is 11.6 Å². The summed E-state index contributed by atoms with van der Waals surface area (Å²) >= 11 is 0. The Hall–Kier alpha value is -2.53. The van der Waals surface area contributed by atoms with Crippen LogP contribution in [0.3, 0.4) is 0 Å². The van der Waals surface area contributed by atoms with E-state index in [1.807, 2.05) is 24.3 Å². The van der Waals surface area contributed by atoms with Gasteiger partial charge in [0, 0.05) is 36.9 Å². The van der Waals surface area contributed by atoms with Gasteiger partial charge in [-0.25, -0.2) is 0 Å². The van der Waals surface area contributed by atoms with Crippen LogP contribution in [0, 0.1) is 0 Å². The van der Waals surface area contributed by atoms with Crippen LogP contribution < -0.4 is 15.8 Å². The number of hydrogen-bond donors (Lipinski definition) is 2. The van der Waals surface area contributed by atoms with Gasteiger partial charge < -0.3 is 15.8 Å². The van der Waals surface area contributed by atoms with E-state index in [0.29, 0.717) is 17.8 Å². The van der Waals surface area contributed by atoms with Crippen molar-refractivity contribution in [3.05, 3.63) is 60.2 Å². The lowest BCUT2D eigenvalue weighted by Crippen LogP contribution is -2.28. The Morgan fingerprint density at radius 1 is 1.24 bits per heavy atom. The van der Waals surface area contributed by atoms with E-state index in [1.165, 1.54) is 5.56 Å². The molecule has 3 N–H and O–H groups in total. The predicted molar refractivity (Wildman–Crippen MR) is 99.5 cm³/mol. The molecule has 2 atom stereocenters. The Morgan fingerprint density at radius 3 is 2.80 bits per heavy atom. The predicted octanol–water partition coefficient (Wildman–Crippen LogP) is 2.63. The highest BCUT2D eigenvalue weighted by atomic mass is 16.5. The second-order valence-electron chi connectivity index (χ2n) is 6.62. The Kier molecular flexibility index (Phi) is 5.56. The van der Waals surface area contributed by atoms with Gasteiger partial charge in [-0.2, -0.15) is 0 Å². The zero-order chi connectivity index (χ0) is 17.6. The molecule has 132 valence electrons. The first-order chi connectivity index (χ1) is 12.1. The lowest BCUT2D eigenvalue weighted by molar-refractivity contribution is -0.119. The summed E-state index contributed by atoms with van der Waals surface area (Å²) < 4.78 is 5.37. The Balaban J connectivity index is 1.57. The maximum Gasteiger partial charge on any atom is 0.255 e. The number of amides is 1. The number of ether oxygens (including phenoxy) is 1. The molecule has 2 aromatic rings. The molecule has 1 saturated heterocycles. The number of benzene rings is 2. The number of primary amides is 1. The molecule has 0 bridgehead atoms. The maximum atomic E-state index is 10.8. The molecule has 1 heterocycles. The van der Waals surface area contributed by atoms with E-state index in [4.69, 9.17) is 10.5 Å². The minimum Gasteiger partial charge on any atom is -0.484 e. The van der Waals surface area contributed by atoms with E-state index in [1.54, 1.807) is 0 Å². The molecule has 25 heavy (non-hydrogen) atoms. The second kappa shape index (κ2) is 8.03. The molecule has 2 unspecified atom stereocenters. The molecule has 1 amide bonds. The third-order valence-corrected chi connectivity index (χ3v) is 4.52. The van der Waals surface area contributed by atoms with Crippen LogP contribution in [0.15, 0.2) is 54.6 Å². The van der Waals surface area contributed by atoms with Gasteiger partial charge in [0.2, 0.25) is 0 Å². The summed E-state index contributed by atoms with van der Waals surface area (Å²) in [5.74, 6) is 0.176. The SMILES string of the molecule is CC1CC(Nc2cccc(OCC(N)=O)c2)CN1Cc1ccccc1. The van der Waals surface area contributed by atoms with E-state index in [0.717, 1.165) is 25.2 Å². The van der Waals surface area contributed by atoms with Crippen molar-refractivity contribution in [3.8, 4) is 5.75 Å². The van der Waals surface area contributed by atoms with E-state index in [2.05, 4.69) is 47.5 Å². The molecule has 5 heteroatoms. The summed E-state index contributed by atoms with van der Waals surface area (Å²) in [4.78, 5) is 13.3. The molecule has 1 aliphatic rings. The van der Waals surface area contributed by atoms with Crippen LogP contribution in [0.25, 0.3) is 0 Å². The van der Waals surface area contributed by atoms with Gasteiger partial charge in [0.25, 0.3) is 5.91 Å². The minimum absolute atomic E-state index is 0.102. The molecular weight excluding hydrogens is 314 g/mol. The molecule has 1 aliphatic heterocycles. The number of hydrogen-bond acceptors (Lipinski definition) is 4. The topological polar surface area (TPSA) is 67.6 Å². The summed E-state index contributed by atoms with van der Waals surface area (Å²) in [6.45, 7) is 4.15. The summed E-state index contributed by atoms with van der Waals surface area (Å²) in [6, 6.07) is 19.2.